The number of nitrogens with one attached hydrogen (secondary N) is 1. The van der Waals surface area contributed by atoms with Crippen LogP contribution in [0.1, 0.15) is 76.7 Å². The summed E-state index contributed by atoms with van der Waals surface area (Å²) in [6.07, 6.45) is 11.0. The van der Waals surface area contributed by atoms with Crippen molar-refractivity contribution in [2.24, 2.45) is 0 Å². The lowest BCUT2D eigenvalue weighted by molar-refractivity contribution is -0.126. The minimum atomic E-state index is -3.56. The molecule has 7 nitrogen and oxygen atoms in total. The summed E-state index contributed by atoms with van der Waals surface area (Å²) < 4.78 is 27.8. The Hall–Kier alpha value is -1.93. The number of hydrogen-bond donors (Lipinski definition) is 1. The number of benzene rings is 1. The summed E-state index contributed by atoms with van der Waals surface area (Å²) >= 11 is 0. The molecular formula is C24H35N3O4S. The fraction of sp³-hybridized carbons (Fsp3) is 0.667. The summed E-state index contributed by atoms with van der Waals surface area (Å²) in [5, 5.41) is 3.19. The molecule has 1 atom stereocenters. The second-order valence-electron chi connectivity index (χ2n) is 9.41. The normalized spacial score (nSPS) is 23.3. The maximum atomic E-state index is 13.2. The number of amides is 2. The average Bonchev–Trinajstić information content (AvgIpc) is 3.15. The Morgan fingerprint density at radius 3 is 2.22 bits per heavy atom. The van der Waals surface area contributed by atoms with Crippen molar-refractivity contribution in [2.75, 3.05) is 18.0 Å². The van der Waals surface area contributed by atoms with E-state index in [-0.39, 0.29) is 22.8 Å². The quantitative estimate of drug-likeness (QED) is 0.745. The molecule has 1 aliphatic carbocycles. The van der Waals surface area contributed by atoms with E-state index in [0.717, 1.165) is 50.5 Å². The topological polar surface area (TPSA) is 86.8 Å². The van der Waals surface area contributed by atoms with Crippen molar-refractivity contribution in [2.45, 2.75) is 94.5 Å². The molecule has 1 aromatic carbocycles. The van der Waals surface area contributed by atoms with Gasteiger partial charge in [-0.25, -0.2) is 8.42 Å². The van der Waals surface area contributed by atoms with E-state index in [9.17, 15) is 18.0 Å². The first-order chi connectivity index (χ1) is 15.4. The van der Waals surface area contributed by atoms with Gasteiger partial charge in [-0.2, -0.15) is 4.31 Å². The molecule has 3 aliphatic rings. The fourth-order valence-corrected chi connectivity index (χ4v) is 6.91. The number of anilines is 1. The van der Waals surface area contributed by atoms with Crippen LogP contribution in [0.25, 0.3) is 0 Å². The fourth-order valence-electron chi connectivity index (χ4n) is 5.34. The van der Waals surface area contributed by atoms with E-state index < -0.39 is 16.1 Å². The van der Waals surface area contributed by atoms with Gasteiger partial charge < -0.3 is 5.32 Å². The minimum absolute atomic E-state index is 0.137. The van der Waals surface area contributed by atoms with Gasteiger partial charge in [0.15, 0.2) is 0 Å². The van der Waals surface area contributed by atoms with E-state index in [2.05, 4.69) is 5.32 Å². The third-order valence-corrected chi connectivity index (χ3v) is 8.98. The highest BCUT2D eigenvalue weighted by Crippen LogP contribution is 2.35. The number of rotatable bonds is 4. The molecule has 0 spiro atoms. The van der Waals surface area contributed by atoms with Crippen molar-refractivity contribution in [1.29, 1.82) is 0 Å². The van der Waals surface area contributed by atoms with Crippen LogP contribution in [0, 0.1) is 0 Å². The Bertz CT molecular complexity index is 948. The number of carbonyl (C=O) groups is 2. The molecule has 0 bridgehead atoms. The monoisotopic (exact) mass is 461 g/mol. The average molecular weight is 462 g/mol. The Balaban J connectivity index is 1.53. The molecule has 1 saturated heterocycles. The molecule has 2 heterocycles. The Kier molecular flexibility index (Phi) is 7.20. The Morgan fingerprint density at radius 2 is 1.56 bits per heavy atom. The summed E-state index contributed by atoms with van der Waals surface area (Å²) in [4.78, 5) is 27.4. The highest BCUT2D eigenvalue weighted by molar-refractivity contribution is 7.89. The van der Waals surface area contributed by atoms with E-state index >= 15 is 0 Å². The van der Waals surface area contributed by atoms with Crippen molar-refractivity contribution in [3.05, 3.63) is 23.8 Å². The predicted octanol–water partition coefficient (Wildman–Crippen LogP) is 3.37. The second-order valence-corrected chi connectivity index (χ2v) is 11.4. The summed E-state index contributed by atoms with van der Waals surface area (Å²) in [7, 11) is -3.56. The number of piperidine rings is 1. The standard InChI is InChI=1S/C24H35N3O4S/c1-18(28)27-22-13-12-21(32(30,31)26-14-8-5-9-15-26)16-19(22)17-23(27)24(29)25-20-10-6-3-2-4-7-11-20/h12-13,16,20,23H,2-11,14-15,17H2,1H3,(H,25,29)/t23-/m0/s1. The zero-order valence-electron chi connectivity index (χ0n) is 19.0. The second kappa shape index (κ2) is 9.91. The van der Waals surface area contributed by atoms with E-state index in [1.807, 2.05) is 0 Å². The molecule has 8 heteroatoms. The summed E-state index contributed by atoms with van der Waals surface area (Å²) in [5.74, 6) is -0.337. The van der Waals surface area contributed by atoms with Crippen LogP contribution in [0.15, 0.2) is 23.1 Å². The zero-order valence-corrected chi connectivity index (χ0v) is 19.8. The first-order valence-corrected chi connectivity index (χ1v) is 13.5. The molecule has 1 saturated carbocycles. The largest absolute Gasteiger partial charge is 0.352 e. The highest BCUT2D eigenvalue weighted by atomic mass is 32.2. The first-order valence-electron chi connectivity index (χ1n) is 12.1. The zero-order chi connectivity index (χ0) is 22.7. The molecule has 2 aliphatic heterocycles. The predicted molar refractivity (Wildman–Crippen MR) is 124 cm³/mol. The summed E-state index contributed by atoms with van der Waals surface area (Å²) in [5.41, 5.74) is 1.39. The molecule has 1 aromatic rings. The number of fused-ring (bicyclic) bond motifs is 1. The molecule has 4 rings (SSSR count). The van der Waals surface area contributed by atoms with E-state index in [1.165, 1.54) is 31.1 Å². The van der Waals surface area contributed by atoms with Crippen LogP contribution in [0.2, 0.25) is 0 Å². The molecule has 0 radical (unpaired) electrons. The molecule has 1 N–H and O–H groups in total. The lowest BCUT2D eigenvalue weighted by atomic mass is 9.96. The number of hydrogen-bond acceptors (Lipinski definition) is 4. The number of carbonyl (C=O) groups excluding carboxylic acids is 2. The van der Waals surface area contributed by atoms with Gasteiger partial charge in [-0.05, 0) is 49.4 Å². The Morgan fingerprint density at radius 1 is 0.938 bits per heavy atom. The molecule has 2 fully saturated rings. The third kappa shape index (κ3) is 4.86. The summed E-state index contributed by atoms with van der Waals surface area (Å²) in [6.45, 7) is 2.56. The molecule has 2 amide bonds. The van der Waals surface area contributed by atoms with Gasteiger partial charge in [-0.3, -0.25) is 14.5 Å². The van der Waals surface area contributed by atoms with Gasteiger partial charge in [0.2, 0.25) is 21.8 Å². The summed E-state index contributed by atoms with van der Waals surface area (Å²) in [6, 6.07) is 4.46. The van der Waals surface area contributed by atoms with Crippen molar-refractivity contribution in [3.8, 4) is 0 Å². The van der Waals surface area contributed by atoms with Gasteiger partial charge in [0.25, 0.3) is 0 Å². The van der Waals surface area contributed by atoms with Crippen LogP contribution in [-0.4, -0.2) is 49.7 Å². The maximum Gasteiger partial charge on any atom is 0.243 e. The number of nitrogens with zero attached hydrogens (tertiary/aromatic N) is 2. The van der Waals surface area contributed by atoms with Crippen LogP contribution < -0.4 is 10.2 Å². The van der Waals surface area contributed by atoms with Crippen molar-refractivity contribution >= 4 is 27.5 Å². The van der Waals surface area contributed by atoms with Crippen LogP contribution in [0.5, 0.6) is 0 Å². The van der Waals surface area contributed by atoms with Gasteiger partial charge in [-0.15, -0.1) is 0 Å². The molecule has 176 valence electrons. The van der Waals surface area contributed by atoms with Crippen LogP contribution in [-0.2, 0) is 26.0 Å². The molecule has 0 aromatic heterocycles. The Labute approximate surface area is 191 Å². The molecule has 32 heavy (non-hydrogen) atoms. The van der Waals surface area contributed by atoms with Gasteiger partial charge in [-0.1, -0.05) is 38.5 Å². The van der Waals surface area contributed by atoms with E-state index in [0.29, 0.717) is 25.2 Å². The van der Waals surface area contributed by atoms with Crippen LogP contribution in [0.3, 0.4) is 0 Å². The van der Waals surface area contributed by atoms with E-state index in [4.69, 9.17) is 0 Å². The van der Waals surface area contributed by atoms with Gasteiger partial charge in [0.1, 0.15) is 6.04 Å². The number of sulfonamides is 1. The lowest BCUT2D eigenvalue weighted by Crippen LogP contribution is -2.50. The highest BCUT2D eigenvalue weighted by Gasteiger charge is 2.38. The van der Waals surface area contributed by atoms with Crippen molar-refractivity contribution < 1.29 is 18.0 Å². The van der Waals surface area contributed by atoms with Gasteiger partial charge >= 0.3 is 0 Å². The van der Waals surface area contributed by atoms with Crippen molar-refractivity contribution in [1.82, 2.24) is 9.62 Å². The minimum Gasteiger partial charge on any atom is -0.352 e. The SMILES string of the molecule is CC(=O)N1c2ccc(S(=O)(=O)N3CCCCC3)cc2C[C@H]1C(=O)NC1CCCCCCC1. The van der Waals surface area contributed by atoms with E-state index in [1.54, 1.807) is 22.5 Å². The third-order valence-electron chi connectivity index (χ3n) is 7.08. The first kappa shape index (κ1) is 23.2. The van der Waals surface area contributed by atoms with Crippen molar-refractivity contribution in [3.63, 3.8) is 0 Å². The van der Waals surface area contributed by atoms with Crippen LogP contribution >= 0.6 is 0 Å². The maximum absolute atomic E-state index is 13.2. The molecular weight excluding hydrogens is 426 g/mol. The smallest absolute Gasteiger partial charge is 0.243 e. The van der Waals surface area contributed by atoms with Crippen LogP contribution in [0.4, 0.5) is 5.69 Å². The molecule has 0 unspecified atom stereocenters. The lowest BCUT2D eigenvalue weighted by Gasteiger charge is -2.27. The van der Waals surface area contributed by atoms with Gasteiger partial charge in [0, 0.05) is 38.2 Å². The van der Waals surface area contributed by atoms with Gasteiger partial charge in [0.05, 0.1) is 4.90 Å².